The number of hydrogen-bond acceptors (Lipinski definition) is 3. The second kappa shape index (κ2) is 6.98. The first-order valence-electron chi connectivity index (χ1n) is 8.60. The van der Waals surface area contributed by atoms with Crippen LogP contribution in [0.25, 0.3) is 0 Å². The molecular weight excluding hydrogens is 352 g/mol. The molecule has 0 atom stereocenters. The van der Waals surface area contributed by atoms with E-state index >= 15 is 0 Å². The lowest BCUT2D eigenvalue weighted by Gasteiger charge is -2.27. The molecule has 7 heteroatoms. The van der Waals surface area contributed by atoms with Gasteiger partial charge in [-0.05, 0) is 49.7 Å². The maximum atomic E-state index is 13.5. The first kappa shape index (κ1) is 18.8. The Morgan fingerprint density at radius 1 is 1.15 bits per heavy atom. The summed E-state index contributed by atoms with van der Waals surface area (Å²) in [4.78, 5) is 26.5. The SMILES string of the molecule is CN1CCC(=O)Nc2cc(C(=O)NC(C)(C)c3ccc(F)c(F)c3)ccc21. The minimum atomic E-state index is -0.967. The van der Waals surface area contributed by atoms with Crippen molar-refractivity contribution in [2.45, 2.75) is 25.8 Å². The van der Waals surface area contributed by atoms with E-state index in [0.29, 0.717) is 29.8 Å². The highest BCUT2D eigenvalue weighted by molar-refractivity contribution is 6.01. The van der Waals surface area contributed by atoms with Crippen LogP contribution < -0.4 is 15.5 Å². The van der Waals surface area contributed by atoms with Gasteiger partial charge in [-0.1, -0.05) is 6.07 Å². The Hall–Kier alpha value is -2.96. The molecule has 2 aromatic rings. The molecule has 0 saturated carbocycles. The zero-order valence-corrected chi connectivity index (χ0v) is 15.4. The van der Waals surface area contributed by atoms with Crippen LogP contribution >= 0.6 is 0 Å². The van der Waals surface area contributed by atoms with Crippen molar-refractivity contribution >= 4 is 23.2 Å². The summed E-state index contributed by atoms with van der Waals surface area (Å²) in [7, 11) is 1.88. The zero-order chi connectivity index (χ0) is 19.8. The van der Waals surface area contributed by atoms with Gasteiger partial charge < -0.3 is 15.5 Å². The van der Waals surface area contributed by atoms with E-state index < -0.39 is 17.2 Å². The molecule has 0 fully saturated rings. The number of carbonyl (C=O) groups is 2. The second-order valence-corrected chi connectivity index (χ2v) is 7.16. The minimum absolute atomic E-state index is 0.111. The average Bonchev–Trinajstić information content (AvgIpc) is 2.75. The summed E-state index contributed by atoms with van der Waals surface area (Å²) in [5.41, 5.74) is 1.28. The van der Waals surface area contributed by atoms with Crippen LogP contribution in [-0.4, -0.2) is 25.4 Å². The third kappa shape index (κ3) is 3.92. The van der Waals surface area contributed by atoms with Gasteiger partial charge in [0.15, 0.2) is 11.6 Å². The maximum absolute atomic E-state index is 13.5. The molecule has 2 N–H and O–H groups in total. The Kier molecular flexibility index (Phi) is 4.87. The fourth-order valence-electron chi connectivity index (χ4n) is 3.03. The lowest BCUT2D eigenvalue weighted by molar-refractivity contribution is -0.115. The van der Waals surface area contributed by atoms with Crippen molar-refractivity contribution in [3.05, 3.63) is 59.2 Å². The number of nitrogens with zero attached hydrogens (tertiary/aromatic N) is 1. The van der Waals surface area contributed by atoms with E-state index in [1.807, 2.05) is 11.9 Å². The molecule has 27 heavy (non-hydrogen) atoms. The number of amides is 2. The normalized spacial score (nSPS) is 14.3. The van der Waals surface area contributed by atoms with E-state index in [0.717, 1.165) is 17.8 Å². The number of rotatable bonds is 3. The fraction of sp³-hybridized carbons (Fsp3) is 0.300. The van der Waals surface area contributed by atoms with E-state index in [1.165, 1.54) is 6.07 Å². The summed E-state index contributed by atoms with van der Waals surface area (Å²) in [5.74, 6) is -2.40. The van der Waals surface area contributed by atoms with E-state index in [1.54, 1.807) is 32.0 Å². The second-order valence-electron chi connectivity index (χ2n) is 7.16. The minimum Gasteiger partial charge on any atom is -0.372 e. The molecular formula is C20H21F2N3O2. The first-order chi connectivity index (χ1) is 12.7. The number of hydrogen-bond donors (Lipinski definition) is 2. The maximum Gasteiger partial charge on any atom is 0.252 e. The standard InChI is InChI=1S/C20H21F2N3O2/c1-20(2,13-5-6-14(21)15(22)11-13)24-19(27)12-4-7-17-16(10-12)23-18(26)8-9-25(17)3/h4-7,10-11H,8-9H2,1-3H3,(H,23,26)(H,24,27). The Bertz CT molecular complexity index is 912. The van der Waals surface area contributed by atoms with Crippen molar-refractivity contribution in [1.82, 2.24) is 5.32 Å². The van der Waals surface area contributed by atoms with E-state index in [9.17, 15) is 18.4 Å². The van der Waals surface area contributed by atoms with Crippen molar-refractivity contribution < 1.29 is 18.4 Å². The van der Waals surface area contributed by atoms with Crippen molar-refractivity contribution in [2.24, 2.45) is 0 Å². The van der Waals surface area contributed by atoms with Gasteiger partial charge in [-0.2, -0.15) is 0 Å². The molecule has 142 valence electrons. The number of anilines is 2. The summed E-state index contributed by atoms with van der Waals surface area (Å²) in [6.45, 7) is 4.00. The number of halogens is 2. The van der Waals surface area contributed by atoms with Gasteiger partial charge in [0.1, 0.15) is 0 Å². The highest BCUT2D eigenvalue weighted by Crippen LogP contribution is 2.29. The fourth-order valence-corrected chi connectivity index (χ4v) is 3.03. The molecule has 1 aliphatic heterocycles. The molecule has 0 bridgehead atoms. The van der Waals surface area contributed by atoms with Crippen LogP contribution in [-0.2, 0) is 10.3 Å². The van der Waals surface area contributed by atoms with Gasteiger partial charge in [-0.3, -0.25) is 9.59 Å². The number of carbonyl (C=O) groups excluding carboxylic acids is 2. The number of nitrogens with one attached hydrogen (secondary N) is 2. The van der Waals surface area contributed by atoms with Crippen LogP contribution in [0.2, 0.25) is 0 Å². The number of fused-ring (bicyclic) bond motifs is 1. The molecule has 2 amide bonds. The highest BCUT2D eigenvalue weighted by atomic mass is 19.2. The quantitative estimate of drug-likeness (QED) is 0.867. The molecule has 1 aliphatic rings. The van der Waals surface area contributed by atoms with Gasteiger partial charge in [0, 0.05) is 25.6 Å². The van der Waals surface area contributed by atoms with Crippen molar-refractivity contribution in [2.75, 3.05) is 23.8 Å². The van der Waals surface area contributed by atoms with Crippen LogP contribution in [0, 0.1) is 11.6 Å². The molecule has 0 saturated heterocycles. The van der Waals surface area contributed by atoms with Gasteiger partial charge in [0.25, 0.3) is 5.91 Å². The molecule has 3 rings (SSSR count). The Morgan fingerprint density at radius 3 is 2.59 bits per heavy atom. The van der Waals surface area contributed by atoms with Gasteiger partial charge in [0.05, 0.1) is 16.9 Å². The van der Waals surface area contributed by atoms with E-state index in [2.05, 4.69) is 10.6 Å². The lowest BCUT2D eigenvalue weighted by Crippen LogP contribution is -2.41. The van der Waals surface area contributed by atoms with Gasteiger partial charge in [-0.15, -0.1) is 0 Å². The van der Waals surface area contributed by atoms with E-state index in [4.69, 9.17) is 0 Å². The average molecular weight is 373 g/mol. The summed E-state index contributed by atoms with van der Waals surface area (Å²) in [6.07, 6.45) is 0.371. The van der Waals surface area contributed by atoms with Crippen LogP contribution in [0.4, 0.5) is 20.2 Å². The van der Waals surface area contributed by atoms with Gasteiger partial charge in [0.2, 0.25) is 5.91 Å². The molecule has 0 unspecified atom stereocenters. The van der Waals surface area contributed by atoms with Crippen molar-refractivity contribution in [1.29, 1.82) is 0 Å². The predicted octanol–water partition coefficient (Wildman–Crippen LogP) is 3.41. The van der Waals surface area contributed by atoms with Crippen LogP contribution in [0.15, 0.2) is 36.4 Å². The largest absolute Gasteiger partial charge is 0.372 e. The topological polar surface area (TPSA) is 61.4 Å². The highest BCUT2D eigenvalue weighted by Gasteiger charge is 2.26. The zero-order valence-electron chi connectivity index (χ0n) is 15.4. The van der Waals surface area contributed by atoms with Crippen LogP contribution in [0.5, 0.6) is 0 Å². The summed E-state index contributed by atoms with van der Waals surface area (Å²) >= 11 is 0. The monoisotopic (exact) mass is 373 g/mol. The van der Waals surface area contributed by atoms with Gasteiger partial charge in [-0.25, -0.2) is 8.78 Å². The molecule has 0 radical (unpaired) electrons. The van der Waals surface area contributed by atoms with Crippen molar-refractivity contribution in [3.63, 3.8) is 0 Å². The third-order valence-corrected chi connectivity index (χ3v) is 4.69. The molecule has 0 aliphatic carbocycles. The molecule has 1 heterocycles. The first-order valence-corrected chi connectivity index (χ1v) is 8.60. The van der Waals surface area contributed by atoms with Crippen LogP contribution in [0.1, 0.15) is 36.2 Å². The predicted molar refractivity (Wildman–Crippen MR) is 99.8 cm³/mol. The Morgan fingerprint density at radius 2 is 1.89 bits per heavy atom. The molecule has 0 aromatic heterocycles. The lowest BCUT2D eigenvalue weighted by atomic mass is 9.93. The molecule has 0 spiro atoms. The van der Waals surface area contributed by atoms with Gasteiger partial charge >= 0.3 is 0 Å². The molecule has 5 nitrogen and oxygen atoms in total. The van der Waals surface area contributed by atoms with Crippen molar-refractivity contribution in [3.8, 4) is 0 Å². The summed E-state index contributed by atoms with van der Waals surface area (Å²) < 4.78 is 26.7. The number of benzene rings is 2. The van der Waals surface area contributed by atoms with E-state index in [-0.39, 0.29) is 11.8 Å². The van der Waals surface area contributed by atoms with Crippen LogP contribution in [0.3, 0.4) is 0 Å². The summed E-state index contributed by atoms with van der Waals surface area (Å²) in [5, 5.41) is 5.63. The third-order valence-electron chi connectivity index (χ3n) is 4.69. The Balaban J connectivity index is 1.85. The Labute approximate surface area is 156 Å². The summed E-state index contributed by atoms with van der Waals surface area (Å²) in [6, 6.07) is 8.61. The smallest absolute Gasteiger partial charge is 0.252 e. The molecule has 2 aromatic carbocycles.